The molecule has 0 radical (unpaired) electrons. The lowest BCUT2D eigenvalue weighted by atomic mass is 10.2. The highest BCUT2D eigenvalue weighted by Gasteiger charge is 2.31. The van der Waals surface area contributed by atoms with Gasteiger partial charge in [-0.25, -0.2) is 9.59 Å². The molecule has 13 heavy (non-hydrogen) atoms. The Kier molecular flexibility index (Phi) is 2.89. The Labute approximate surface area is 76.0 Å². The van der Waals surface area contributed by atoms with E-state index in [1.165, 1.54) is 11.0 Å². The van der Waals surface area contributed by atoms with Gasteiger partial charge < -0.3 is 15.3 Å². The maximum absolute atomic E-state index is 11.1. The highest BCUT2D eigenvalue weighted by atomic mass is 16.4. The van der Waals surface area contributed by atoms with Crippen molar-refractivity contribution < 1.29 is 14.7 Å². The highest BCUT2D eigenvalue weighted by molar-refractivity contribution is 5.84. The van der Waals surface area contributed by atoms with E-state index in [2.05, 4.69) is 11.9 Å². The molecule has 5 heteroatoms. The second kappa shape index (κ2) is 3.93. The van der Waals surface area contributed by atoms with Crippen molar-refractivity contribution in [2.75, 3.05) is 13.1 Å². The molecule has 2 amide bonds. The third-order valence-electron chi connectivity index (χ3n) is 1.94. The van der Waals surface area contributed by atoms with Gasteiger partial charge in [0.25, 0.3) is 0 Å². The molecule has 0 aliphatic carbocycles. The number of hydrogen-bond donors (Lipinski definition) is 2. The number of urea groups is 1. The van der Waals surface area contributed by atoms with Gasteiger partial charge in [0.2, 0.25) is 0 Å². The van der Waals surface area contributed by atoms with Crippen molar-refractivity contribution in [1.82, 2.24) is 10.2 Å². The van der Waals surface area contributed by atoms with Crippen LogP contribution in [0.3, 0.4) is 0 Å². The summed E-state index contributed by atoms with van der Waals surface area (Å²) in [6.07, 6.45) is 1.78. The zero-order chi connectivity index (χ0) is 9.84. The Morgan fingerprint density at radius 2 is 2.54 bits per heavy atom. The van der Waals surface area contributed by atoms with Crippen LogP contribution >= 0.6 is 0 Å². The Hall–Kier alpha value is -1.52. The molecule has 1 aliphatic rings. The lowest BCUT2D eigenvalue weighted by molar-refractivity contribution is -0.141. The van der Waals surface area contributed by atoms with Crippen LogP contribution in [0.5, 0.6) is 0 Å². The fourth-order valence-electron chi connectivity index (χ4n) is 1.30. The van der Waals surface area contributed by atoms with Gasteiger partial charge in [0.05, 0.1) is 0 Å². The average Bonchev–Trinajstić information content (AvgIpc) is 2.47. The van der Waals surface area contributed by atoms with Gasteiger partial charge in [0.15, 0.2) is 0 Å². The molecule has 0 saturated carbocycles. The molecule has 1 aliphatic heterocycles. The van der Waals surface area contributed by atoms with Crippen LogP contribution in [0, 0.1) is 0 Å². The number of nitrogens with zero attached hydrogens (tertiary/aromatic N) is 1. The molecule has 72 valence electrons. The van der Waals surface area contributed by atoms with Gasteiger partial charge in [0, 0.05) is 13.1 Å². The number of carboxylic acids is 1. The van der Waals surface area contributed by atoms with Crippen LogP contribution in [0.25, 0.3) is 0 Å². The topological polar surface area (TPSA) is 69.6 Å². The fraction of sp³-hybridized carbons (Fsp3) is 0.500. The van der Waals surface area contributed by atoms with Crippen molar-refractivity contribution >= 4 is 12.0 Å². The summed E-state index contributed by atoms with van der Waals surface area (Å²) in [6.45, 7) is 4.42. The minimum absolute atomic E-state index is 0.281. The number of carbonyl (C=O) groups excluding carboxylic acids is 1. The van der Waals surface area contributed by atoms with E-state index in [0.717, 1.165) is 0 Å². The van der Waals surface area contributed by atoms with Gasteiger partial charge in [-0.15, -0.1) is 6.58 Å². The van der Waals surface area contributed by atoms with E-state index >= 15 is 0 Å². The molecule has 1 fully saturated rings. The number of nitrogens with one attached hydrogen (secondary N) is 1. The van der Waals surface area contributed by atoms with Crippen LogP contribution in [0.1, 0.15) is 6.42 Å². The van der Waals surface area contributed by atoms with E-state index in [9.17, 15) is 9.59 Å². The third-order valence-corrected chi connectivity index (χ3v) is 1.94. The van der Waals surface area contributed by atoms with Crippen LogP contribution in [0.15, 0.2) is 12.7 Å². The summed E-state index contributed by atoms with van der Waals surface area (Å²) in [5.74, 6) is -0.989. The zero-order valence-corrected chi connectivity index (χ0v) is 7.19. The summed E-state index contributed by atoms with van der Waals surface area (Å²) in [6, 6.07) is -1.09. The van der Waals surface area contributed by atoms with Gasteiger partial charge in [-0.05, 0) is 6.42 Å². The smallest absolute Gasteiger partial charge is 0.326 e. The van der Waals surface area contributed by atoms with Gasteiger partial charge in [-0.3, -0.25) is 0 Å². The molecule has 1 unspecified atom stereocenters. The first kappa shape index (κ1) is 9.57. The highest BCUT2D eigenvalue weighted by Crippen LogP contribution is 2.08. The van der Waals surface area contributed by atoms with Crippen molar-refractivity contribution in [3.05, 3.63) is 12.7 Å². The second-order valence-electron chi connectivity index (χ2n) is 2.80. The molecule has 0 aromatic heterocycles. The average molecular weight is 184 g/mol. The summed E-state index contributed by atoms with van der Waals surface area (Å²) >= 11 is 0. The van der Waals surface area contributed by atoms with Crippen molar-refractivity contribution in [3.63, 3.8) is 0 Å². The van der Waals surface area contributed by atoms with Gasteiger partial charge >= 0.3 is 12.0 Å². The van der Waals surface area contributed by atoms with E-state index in [4.69, 9.17) is 5.11 Å². The zero-order valence-electron chi connectivity index (χ0n) is 7.19. The van der Waals surface area contributed by atoms with E-state index in [0.29, 0.717) is 13.1 Å². The lowest BCUT2D eigenvalue weighted by Gasteiger charge is -2.21. The van der Waals surface area contributed by atoms with Crippen molar-refractivity contribution in [3.8, 4) is 0 Å². The number of carboxylic acid groups (broad SMARTS) is 1. The standard InChI is InChI=1S/C8H12N2O3/c1-2-3-6(7(11)12)10-5-4-9-8(10)13/h2,6H,1,3-5H2,(H,9,13)(H,11,12). The van der Waals surface area contributed by atoms with Crippen LogP contribution < -0.4 is 5.32 Å². The summed E-state index contributed by atoms with van der Waals surface area (Å²) in [5.41, 5.74) is 0. The Morgan fingerprint density at radius 3 is 2.92 bits per heavy atom. The summed E-state index contributed by atoms with van der Waals surface area (Å²) in [5, 5.41) is 11.4. The van der Waals surface area contributed by atoms with Crippen molar-refractivity contribution in [1.29, 1.82) is 0 Å². The van der Waals surface area contributed by atoms with E-state index in [-0.39, 0.29) is 12.5 Å². The molecule has 0 aromatic rings. The van der Waals surface area contributed by atoms with Crippen LogP contribution in [-0.4, -0.2) is 41.1 Å². The van der Waals surface area contributed by atoms with Crippen LogP contribution in [-0.2, 0) is 4.79 Å². The first-order valence-corrected chi connectivity index (χ1v) is 4.05. The molecular formula is C8H12N2O3. The summed E-state index contributed by atoms with van der Waals surface area (Å²) in [7, 11) is 0. The maximum Gasteiger partial charge on any atom is 0.326 e. The molecule has 2 N–H and O–H groups in total. The van der Waals surface area contributed by atoms with E-state index < -0.39 is 12.0 Å². The first-order chi connectivity index (χ1) is 6.16. The van der Waals surface area contributed by atoms with Gasteiger partial charge in [-0.1, -0.05) is 6.08 Å². The monoisotopic (exact) mass is 184 g/mol. The van der Waals surface area contributed by atoms with Crippen LogP contribution in [0.2, 0.25) is 0 Å². The maximum atomic E-state index is 11.1. The largest absolute Gasteiger partial charge is 0.480 e. The Bertz CT molecular complexity index is 240. The molecule has 1 rings (SSSR count). The SMILES string of the molecule is C=CCC(C(=O)O)N1CCNC1=O. The van der Waals surface area contributed by atoms with Crippen molar-refractivity contribution in [2.45, 2.75) is 12.5 Å². The predicted octanol–water partition coefficient (Wildman–Crippen LogP) is 0.0409. The second-order valence-corrected chi connectivity index (χ2v) is 2.80. The van der Waals surface area contributed by atoms with Gasteiger partial charge in [-0.2, -0.15) is 0 Å². The first-order valence-electron chi connectivity index (χ1n) is 4.05. The number of amides is 2. The number of aliphatic carboxylic acids is 1. The number of rotatable bonds is 4. The molecule has 1 saturated heterocycles. The fourth-order valence-corrected chi connectivity index (χ4v) is 1.30. The van der Waals surface area contributed by atoms with Gasteiger partial charge in [0.1, 0.15) is 6.04 Å². The van der Waals surface area contributed by atoms with Crippen molar-refractivity contribution in [2.24, 2.45) is 0 Å². The molecule has 1 atom stereocenters. The predicted molar refractivity (Wildman–Crippen MR) is 46.3 cm³/mol. The molecule has 0 bridgehead atoms. The molecule has 1 heterocycles. The summed E-state index contributed by atoms with van der Waals surface area (Å²) < 4.78 is 0. The number of hydrogen-bond acceptors (Lipinski definition) is 2. The normalized spacial score (nSPS) is 18.2. The van der Waals surface area contributed by atoms with E-state index in [1.807, 2.05) is 0 Å². The van der Waals surface area contributed by atoms with Crippen LogP contribution in [0.4, 0.5) is 4.79 Å². The molecule has 5 nitrogen and oxygen atoms in total. The Balaban J connectivity index is 2.68. The minimum atomic E-state index is -0.989. The minimum Gasteiger partial charge on any atom is -0.480 e. The summed E-state index contributed by atoms with van der Waals surface area (Å²) in [4.78, 5) is 23.2. The lowest BCUT2D eigenvalue weighted by Crippen LogP contribution is -2.42. The molecular weight excluding hydrogens is 172 g/mol. The third kappa shape index (κ3) is 1.99. The molecule has 0 spiro atoms. The quantitative estimate of drug-likeness (QED) is 0.606. The van der Waals surface area contributed by atoms with E-state index in [1.54, 1.807) is 0 Å². The molecule has 0 aromatic carbocycles. The number of carbonyl (C=O) groups is 2. The Morgan fingerprint density at radius 1 is 1.85 bits per heavy atom.